The van der Waals surface area contributed by atoms with Crippen LogP contribution in [0.5, 0.6) is 17.2 Å². The number of anilines is 1. The summed E-state index contributed by atoms with van der Waals surface area (Å²) in [5.41, 5.74) is 3.92. The van der Waals surface area contributed by atoms with E-state index in [9.17, 15) is 9.59 Å². The van der Waals surface area contributed by atoms with Gasteiger partial charge >= 0.3 is 11.8 Å². The van der Waals surface area contributed by atoms with Crippen molar-refractivity contribution in [1.82, 2.24) is 5.43 Å². The number of halogens is 2. The van der Waals surface area contributed by atoms with Crippen molar-refractivity contribution in [2.75, 3.05) is 19.0 Å². The summed E-state index contributed by atoms with van der Waals surface area (Å²) < 4.78 is 16.6. The van der Waals surface area contributed by atoms with Gasteiger partial charge in [0, 0.05) is 21.3 Å². The fourth-order valence-electron chi connectivity index (χ4n) is 2.89. The Morgan fingerprint density at radius 2 is 1.66 bits per heavy atom. The van der Waals surface area contributed by atoms with Crippen molar-refractivity contribution in [2.24, 2.45) is 5.10 Å². The molecule has 2 N–H and O–H groups in total. The summed E-state index contributed by atoms with van der Waals surface area (Å²) >= 11 is 12.4. The van der Waals surface area contributed by atoms with Crippen molar-refractivity contribution in [1.29, 1.82) is 0 Å². The van der Waals surface area contributed by atoms with Crippen LogP contribution in [-0.2, 0) is 16.2 Å². The molecule has 0 aromatic heterocycles. The Labute approximate surface area is 212 Å². The zero-order valence-electron chi connectivity index (χ0n) is 19.0. The molecule has 0 radical (unpaired) electrons. The van der Waals surface area contributed by atoms with Crippen molar-refractivity contribution >= 4 is 46.9 Å². The lowest BCUT2D eigenvalue weighted by Crippen LogP contribution is -2.32. The zero-order valence-corrected chi connectivity index (χ0v) is 20.5. The Balaban J connectivity index is 1.60. The van der Waals surface area contributed by atoms with E-state index in [0.29, 0.717) is 50.7 Å². The van der Waals surface area contributed by atoms with Crippen LogP contribution in [0.25, 0.3) is 0 Å². The maximum atomic E-state index is 12.0. The van der Waals surface area contributed by atoms with Gasteiger partial charge in [-0.15, -0.1) is 0 Å². The molecule has 0 aliphatic rings. The Morgan fingerprint density at radius 3 is 2.31 bits per heavy atom. The quantitative estimate of drug-likeness (QED) is 0.235. The van der Waals surface area contributed by atoms with Gasteiger partial charge in [-0.05, 0) is 67.1 Å². The zero-order chi connectivity index (χ0) is 25.2. The van der Waals surface area contributed by atoms with E-state index >= 15 is 0 Å². The minimum atomic E-state index is -0.918. The molecular formula is C25H23Cl2N3O5. The highest BCUT2D eigenvalue weighted by atomic mass is 35.5. The van der Waals surface area contributed by atoms with Crippen LogP contribution in [0.2, 0.25) is 10.0 Å². The predicted molar refractivity (Wildman–Crippen MR) is 136 cm³/mol. The normalized spacial score (nSPS) is 10.6. The van der Waals surface area contributed by atoms with Crippen LogP contribution in [0.1, 0.15) is 18.1 Å². The van der Waals surface area contributed by atoms with Gasteiger partial charge in [-0.25, -0.2) is 5.43 Å². The van der Waals surface area contributed by atoms with Crippen molar-refractivity contribution in [3.8, 4) is 17.2 Å². The Hall–Kier alpha value is -3.75. The van der Waals surface area contributed by atoms with E-state index in [-0.39, 0.29) is 6.61 Å². The molecule has 3 aromatic carbocycles. The van der Waals surface area contributed by atoms with Gasteiger partial charge in [-0.2, -0.15) is 5.10 Å². The molecule has 0 saturated heterocycles. The van der Waals surface area contributed by atoms with Gasteiger partial charge in [0.05, 0.1) is 19.9 Å². The molecule has 0 heterocycles. The number of nitrogens with zero attached hydrogens (tertiary/aromatic N) is 1. The van der Waals surface area contributed by atoms with E-state index in [1.807, 2.05) is 6.92 Å². The molecule has 0 spiro atoms. The summed E-state index contributed by atoms with van der Waals surface area (Å²) in [6.07, 6.45) is 1.38. The number of nitrogens with one attached hydrogen (secondary N) is 2. The summed E-state index contributed by atoms with van der Waals surface area (Å²) in [6, 6.07) is 16.9. The first-order chi connectivity index (χ1) is 16.9. The van der Waals surface area contributed by atoms with Crippen LogP contribution in [-0.4, -0.2) is 31.7 Å². The average Bonchev–Trinajstić information content (AvgIpc) is 2.85. The Bertz CT molecular complexity index is 1200. The lowest BCUT2D eigenvalue weighted by Gasteiger charge is -2.14. The van der Waals surface area contributed by atoms with Crippen molar-refractivity contribution in [3.63, 3.8) is 0 Å². The Kier molecular flexibility index (Phi) is 9.34. The van der Waals surface area contributed by atoms with Crippen LogP contribution < -0.4 is 25.0 Å². The number of carbonyl (C=O) groups excluding carboxylic acids is 2. The van der Waals surface area contributed by atoms with Crippen LogP contribution >= 0.6 is 23.2 Å². The van der Waals surface area contributed by atoms with E-state index in [2.05, 4.69) is 15.8 Å². The molecule has 2 amide bonds. The average molecular weight is 516 g/mol. The number of carbonyl (C=O) groups is 2. The summed E-state index contributed by atoms with van der Waals surface area (Å²) in [5, 5.41) is 7.33. The van der Waals surface area contributed by atoms with Crippen molar-refractivity contribution < 1.29 is 23.8 Å². The van der Waals surface area contributed by atoms with Gasteiger partial charge in [0.2, 0.25) is 0 Å². The second kappa shape index (κ2) is 12.6. The van der Waals surface area contributed by atoms with Crippen molar-refractivity contribution in [3.05, 3.63) is 81.8 Å². The second-order valence-electron chi connectivity index (χ2n) is 7.01. The molecule has 3 aromatic rings. The number of hydrazone groups is 1. The van der Waals surface area contributed by atoms with Gasteiger partial charge in [0.1, 0.15) is 12.4 Å². The smallest absolute Gasteiger partial charge is 0.329 e. The fourth-order valence-corrected chi connectivity index (χ4v) is 3.40. The molecule has 10 heteroatoms. The molecule has 0 unspecified atom stereocenters. The van der Waals surface area contributed by atoms with Crippen LogP contribution in [0, 0.1) is 0 Å². The van der Waals surface area contributed by atoms with Gasteiger partial charge in [0.15, 0.2) is 11.5 Å². The summed E-state index contributed by atoms with van der Waals surface area (Å²) in [5.74, 6) is -0.179. The summed E-state index contributed by atoms with van der Waals surface area (Å²) in [7, 11) is 1.54. The molecule has 0 atom stereocenters. The minimum absolute atomic E-state index is 0.158. The topological polar surface area (TPSA) is 98.2 Å². The van der Waals surface area contributed by atoms with E-state index in [0.717, 1.165) is 0 Å². The van der Waals surface area contributed by atoms with Gasteiger partial charge in [0.25, 0.3) is 0 Å². The first kappa shape index (κ1) is 25.9. The Morgan fingerprint density at radius 1 is 0.943 bits per heavy atom. The molecule has 3 rings (SSSR count). The molecule has 8 nitrogen and oxygen atoms in total. The molecule has 0 saturated carbocycles. The largest absolute Gasteiger partial charge is 0.497 e. The lowest BCUT2D eigenvalue weighted by molar-refractivity contribution is -0.136. The molecule has 0 aliphatic carbocycles. The molecule has 0 bridgehead atoms. The number of methoxy groups -OCH3 is 1. The number of rotatable bonds is 9. The highest BCUT2D eigenvalue weighted by Crippen LogP contribution is 2.31. The molecule has 0 fully saturated rings. The minimum Gasteiger partial charge on any atom is -0.497 e. The first-order valence-electron chi connectivity index (χ1n) is 10.5. The highest BCUT2D eigenvalue weighted by molar-refractivity contribution is 6.39. The first-order valence-corrected chi connectivity index (χ1v) is 11.3. The maximum absolute atomic E-state index is 12.0. The number of ether oxygens (including phenoxy) is 3. The standard InChI is InChI=1S/C25H23Cl2N3O5/c1-3-34-23-13-16(7-12-22(23)35-15-19-20(26)5-4-6-21(19)27)14-28-30-25(32)24(31)29-17-8-10-18(33-2)11-9-17/h4-14H,3,15H2,1-2H3,(H,29,31)(H,30,32)/b28-14+. The maximum Gasteiger partial charge on any atom is 0.329 e. The van der Waals surface area contributed by atoms with E-state index in [1.165, 1.54) is 13.3 Å². The van der Waals surface area contributed by atoms with E-state index in [1.54, 1.807) is 60.7 Å². The third-order valence-corrected chi connectivity index (χ3v) is 5.34. The van der Waals surface area contributed by atoms with Crippen LogP contribution in [0.15, 0.2) is 65.8 Å². The lowest BCUT2D eigenvalue weighted by atomic mass is 10.2. The third-order valence-electron chi connectivity index (χ3n) is 4.64. The van der Waals surface area contributed by atoms with Crippen LogP contribution in [0.4, 0.5) is 5.69 Å². The number of amides is 2. The molecule has 182 valence electrons. The molecule has 0 aliphatic heterocycles. The number of hydrogen-bond donors (Lipinski definition) is 2. The molecular weight excluding hydrogens is 493 g/mol. The summed E-state index contributed by atoms with van der Waals surface area (Å²) in [4.78, 5) is 24.1. The monoisotopic (exact) mass is 515 g/mol. The second-order valence-corrected chi connectivity index (χ2v) is 7.82. The van der Waals surface area contributed by atoms with Gasteiger partial charge in [-0.1, -0.05) is 29.3 Å². The number of benzene rings is 3. The number of hydrogen-bond acceptors (Lipinski definition) is 6. The fraction of sp³-hybridized carbons (Fsp3) is 0.160. The molecule has 35 heavy (non-hydrogen) atoms. The van der Waals surface area contributed by atoms with Gasteiger partial charge < -0.3 is 19.5 Å². The van der Waals surface area contributed by atoms with E-state index < -0.39 is 11.8 Å². The third kappa shape index (κ3) is 7.37. The van der Waals surface area contributed by atoms with E-state index in [4.69, 9.17) is 37.4 Å². The van der Waals surface area contributed by atoms with Gasteiger partial charge in [-0.3, -0.25) is 9.59 Å². The predicted octanol–water partition coefficient (Wildman–Crippen LogP) is 5.07. The summed E-state index contributed by atoms with van der Waals surface area (Å²) in [6.45, 7) is 2.41. The highest BCUT2D eigenvalue weighted by Gasteiger charge is 2.13. The van der Waals surface area contributed by atoms with Crippen LogP contribution in [0.3, 0.4) is 0 Å². The van der Waals surface area contributed by atoms with Crippen molar-refractivity contribution in [2.45, 2.75) is 13.5 Å². The SMILES string of the molecule is CCOc1cc(/C=N/NC(=O)C(=O)Nc2ccc(OC)cc2)ccc1OCc1c(Cl)cccc1Cl.